The monoisotopic (exact) mass is 397 g/mol. The number of nitrogens with zero attached hydrogens (tertiary/aromatic N) is 1. The number of aryl methyl sites for hydroxylation is 1. The van der Waals surface area contributed by atoms with Gasteiger partial charge in [-0.1, -0.05) is 102 Å². The summed E-state index contributed by atoms with van der Waals surface area (Å²) in [4.78, 5) is 2.37. The van der Waals surface area contributed by atoms with Crippen LogP contribution in [0.3, 0.4) is 0 Å². The van der Waals surface area contributed by atoms with Gasteiger partial charge in [0.15, 0.2) is 0 Å². The fourth-order valence-corrected chi connectivity index (χ4v) is 4.03. The first kappa shape index (κ1) is 19.0. The van der Waals surface area contributed by atoms with Crippen molar-refractivity contribution in [1.82, 2.24) is 0 Å². The maximum Gasteiger partial charge on any atom is 0.121 e. The highest BCUT2D eigenvalue weighted by Crippen LogP contribution is 2.41. The van der Waals surface area contributed by atoms with Crippen LogP contribution >= 0.6 is 0 Å². The lowest BCUT2D eigenvalue weighted by Gasteiger charge is -2.37. The molecule has 0 spiro atoms. The number of fused-ring (bicyclic) bond motifs is 1. The second-order valence-electron chi connectivity index (χ2n) is 7.77. The van der Waals surface area contributed by atoms with Crippen molar-refractivity contribution in [2.24, 2.45) is 0 Å². The Bertz CT molecular complexity index is 1270. The Morgan fingerprint density at radius 1 is 0.677 bits per heavy atom. The first-order valence-corrected chi connectivity index (χ1v) is 10.6. The summed E-state index contributed by atoms with van der Waals surface area (Å²) in [7, 11) is 0. The lowest BCUT2D eigenvalue weighted by atomic mass is 9.91. The zero-order valence-electron chi connectivity index (χ0n) is 17.5. The zero-order valence-corrected chi connectivity index (χ0v) is 17.5. The van der Waals surface area contributed by atoms with E-state index in [2.05, 4.69) is 121 Å². The molecule has 1 atom stereocenters. The molecule has 1 heterocycles. The summed E-state index contributed by atoms with van der Waals surface area (Å²) >= 11 is 0. The van der Waals surface area contributed by atoms with Gasteiger partial charge < -0.3 is 4.90 Å². The molecule has 1 unspecified atom stereocenters. The van der Waals surface area contributed by atoms with Crippen LogP contribution in [0, 0.1) is 18.8 Å². The van der Waals surface area contributed by atoms with Gasteiger partial charge >= 0.3 is 0 Å². The zero-order chi connectivity index (χ0) is 21.0. The maximum absolute atomic E-state index is 3.59. The summed E-state index contributed by atoms with van der Waals surface area (Å²) in [6, 6.07) is 38.0. The predicted octanol–water partition coefficient (Wildman–Crippen LogP) is 7.11. The molecule has 0 amide bonds. The Morgan fingerprint density at radius 3 is 2.06 bits per heavy atom. The van der Waals surface area contributed by atoms with Crippen molar-refractivity contribution in [1.29, 1.82) is 0 Å². The van der Waals surface area contributed by atoms with E-state index in [0.29, 0.717) is 0 Å². The molecule has 1 heteroatoms. The summed E-state index contributed by atoms with van der Waals surface area (Å²) in [6.45, 7) is 2.12. The predicted molar refractivity (Wildman–Crippen MR) is 130 cm³/mol. The van der Waals surface area contributed by atoms with Crippen molar-refractivity contribution in [3.05, 3.63) is 137 Å². The molecule has 1 nitrogen and oxygen atoms in total. The molecule has 4 aromatic carbocycles. The van der Waals surface area contributed by atoms with Crippen LogP contribution < -0.4 is 4.90 Å². The Labute approximate surface area is 184 Å². The molecule has 5 rings (SSSR count). The fraction of sp³-hybridized carbons (Fsp3) is 0.0667. The Kier molecular flexibility index (Phi) is 5.13. The van der Waals surface area contributed by atoms with E-state index in [4.69, 9.17) is 0 Å². The lowest BCUT2D eigenvalue weighted by Crippen LogP contribution is -2.29. The molecule has 31 heavy (non-hydrogen) atoms. The normalized spacial score (nSPS) is 14.8. The summed E-state index contributed by atoms with van der Waals surface area (Å²) in [5.41, 5.74) is 8.21. The topological polar surface area (TPSA) is 3.24 Å². The number of rotatable bonds is 2. The molecule has 0 saturated heterocycles. The average Bonchev–Trinajstić information content (AvgIpc) is 2.84. The fourth-order valence-electron chi connectivity index (χ4n) is 4.03. The lowest BCUT2D eigenvalue weighted by molar-refractivity contribution is 0.873. The van der Waals surface area contributed by atoms with Crippen LogP contribution in [0.2, 0.25) is 0 Å². The third-order valence-corrected chi connectivity index (χ3v) is 5.61. The SMILES string of the molecule is Cc1ccc(N2C(c3ccccc3)=Cc3ccccc3C2C#Cc2ccccc2)cc1. The highest BCUT2D eigenvalue weighted by Gasteiger charge is 2.29. The maximum atomic E-state index is 3.59. The van der Waals surface area contributed by atoms with Crippen LogP contribution in [-0.4, -0.2) is 0 Å². The molecule has 1 aliphatic rings. The van der Waals surface area contributed by atoms with E-state index in [1.165, 1.54) is 22.3 Å². The molecule has 0 radical (unpaired) electrons. The smallest absolute Gasteiger partial charge is 0.121 e. The molecule has 148 valence electrons. The minimum absolute atomic E-state index is 0.0840. The highest BCUT2D eigenvalue weighted by atomic mass is 15.2. The Balaban J connectivity index is 1.72. The molecule has 0 fully saturated rings. The summed E-state index contributed by atoms with van der Waals surface area (Å²) < 4.78 is 0. The molecular weight excluding hydrogens is 374 g/mol. The van der Waals surface area contributed by atoms with Crippen LogP contribution in [-0.2, 0) is 0 Å². The molecule has 4 aromatic rings. The van der Waals surface area contributed by atoms with Crippen molar-refractivity contribution >= 4 is 17.5 Å². The quantitative estimate of drug-likeness (QED) is 0.326. The van der Waals surface area contributed by atoms with Gasteiger partial charge in [0.1, 0.15) is 6.04 Å². The van der Waals surface area contributed by atoms with Crippen molar-refractivity contribution in [2.75, 3.05) is 4.90 Å². The second-order valence-corrected chi connectivity index (χ2v) is 7.77. The van der Waals surface area contributed by atoms with Gasteiger partial charge in [-0.05, 0) is 54.0 Å². The van der Waals surface area contributed by atoms with Crippen molar-refractivity contribution in [2.45, 2.75) is 13.0 Å². The van der Waals surface area contributed by atoms with Gasteiger partial charge in [0.05, 0.1) is 5.70 Å². The first-order valence-electron chi connectivity index (χ1n) is 10.6. The van der Waals surface area contributed by atoms with Gasteiger partial charge in [-0.3, -0.25) is 0 Å². The number of hydrogen-bond acceptors (Lipinski definition) is 1. The van der Waals surface area contributed by atoms with Crippen LogP contribution in [0.5, 0.6) is 0 Å². The standard InChI is InChI=1S/C30H23N/c1-23-16-19-27(20-17-23)31-29(21-18-24-10-4-2-5-11-24)28-15-9-8-14-26(28)22-30(31)25-12-6-3-7-13-25/h2-17,19-20,22,29H,1H3. The average molecular weight is 398 g/mol. The van der Waals surface area contributed by atoms with Gasteiger partial charge in [0.25, 0.3) is 0 Å². The minimum atomic E-state index is -0.0840. The largest absolute Gasteiger partial charge is 0.322 e. The van der Waals surface area contributed by atoms with Crippen molar-refractivity contribution in [3.63, 3.8) is 0 Å². The van der Waals surface area contributed by atoms with Gasteiger partial charge in [-0.2, -0.15) is 0 Å². The molecular formula is C30H23N. The minimum Gasteiger partial charge on any atom is -0.322 e. The third-order valence-electron chi connectivity index (χ3n) is 5.61. The van der Waals surface area contributed by atoms with Gasteiger partial charge in [0, 0.05) is 11.3 Å². The molecule has 0 aliphatic carbocycles. The number of anilines is 1. The van der Waals surface area contributed by atoms with E-state index < -0.39 is 0 Å². The molecule has 0 bridgehead atoms. The van der Waals surface area contributed by atoms with E-state index in [1.807, 2.05) is 18.2 Å². The molecule has 0 saturated carbocycles. The number of hydrogen-bond donors (Lipinski definition) is 0. The van der Waals surface area contributed by atoms with Gasteiger partial charge in [-0.15, -0.1) is 0 Å². The van der Waals surface area contributed by atoms with Gasteiger partial charge in [-0.25, -0.2) is 0 Å². The van der Waals surface area contributed by atoms with E-state index in [9.17, 15) is 0 Å². The second kappa shape index (κ2) is 8.38. The number of benzene rings is 4. The molecule has 0 aromatic heterocycles. The van der Waals surface area contributed by atoms with E-state index in [0.717, 1.165) is 16.9 Å². The molecule has 1 aliphatic heterocycles. The van der Waals surface area contributed by atoms with Crippen LogP contribution in [0.4, 0.5) is 5.69 Å². The van der Waals surface area contributed by atoms with E-state index in [-0.39, 0.29) is 6.04 Å². The molecule has 0 N–H and O–H groups in total. The first-order chi connectivity index (χ1) is 15.3. The van der Waals surface area contributed by atoms with Crippen molar-refractivity contribution in [3.8, 4) is 11.8 Å². The van der Waals surface area contributed by atoms with Crippen molar-refractivity contribution < 1.29 is 0 Å². The van der Waals surface area contributed by atoms with E-state index >= 15 is 0 Å². The van der Waals surface area contributed by atoms with Crippen LogP contribution in [0.15, 0.2) is 109 Å². The van der Waals surface area contributed by atoms with Crippen LogP contribution in [0.1, 0.15) is 33.9 Å². The summed E-state index contributed by atoms with van der Waals surface area (Å²) in [5.74, 6) is 7.01. The highest BCUT2D eigenvalue weighted by molar-refractivity contribution is 5.94. The van der Waals surface area contributed by atoms with Gasteiger partial charge in [0.2, 0.25) is 0 Å². The summed E-state index contributed by atoms with van der Waals surface area (Å²) in [6.07, 6.45) is 2.28. The summed E-state index contributed by atoms with van der Waals surface area (Å²) in [5, 5.41) is 0. The Morgan fingerprint density at radius 2 is 1.32 bits per heavy atom. The van der Waals surface area contributed by atoms with E-state index in [1.54, 1.807) is 0 Å². The van der Waals surface area contributed by atoms with Crippen LogP contribution in [0.25, 0.3) is 11.8 Å². The Hall–Kier alpha value is -4.02. The third kappa shape index (κ3) is 3.89.